The molecule has 0 saturated carbocycles. The van der Waals surface area contributed by atoms with Gasteiger partial charge in [0, 0.05) is 12.6 Å². The third-order valence-corrected chi connectivity index (χ3v) is 7.65. The Morgan fingerprint density at radius 3 is 2.40 bits per heavy atom. The molecule has 2 heterocycles. The lowest BCUT2D eigenvalue weighted by atomic mass is 10.1. The number of nitrogens with zero attached hydrogens (tertiary/aromatic N) is 3. The Morgan fingerprint density at radius 1 is 1.14 bits per heavy atom. The summed E-state index contributed by atoms with van der Waals surface area (Å²) in [5.74, 6) is -0.205. The Bertz CT molecular complexity index is 1360. The fourth-order valence-electron chi connectivity index (χ4n) is 3.64. The van der Waals surface area contributed by atoms with E-state index in [2.05, 4.69) is 5.10 Å². The smallest absolute Gasteiger partial charge is 0.416 e. The van der Waals surface area contributed by atoms with Crippen molar-refractivity contribution in [3.63, 3.8) is 0 Å². The highest BCUT2D eigenvalue weighted by atomic mass is 32.2. The maximum Gasteiger partial charge on any atom is 0.416 e. The number of halogens is 3. The van der Waals surface area contributed by atoms with Gasteiger partial charge in [0.25, 0.3) is 0 Å². The zero-order valence-corrected chi connectivity index (χ0v) is 19.6. The molecule has 184 valence electrons. The van der Waals surface area contributed by atoms with Crippen molar-refractivity contribution in [1.82, 2.24) is 14.3 Å². The van der Waals surface area contributed by atoms with Gasteiger partial charge in [0.2, 0.25) is 0 Å². The predicted octanol–water partition coefficient (Wildman–Crippen LogP) is 4.54. The van der Waals surface area contributed by atoms with Crippen LogP contribution in [0.2, 0.25) is 0 Å². The van der Waals surface area contributed by atoms with Crippen LogP contribution in [0.25, 0.3) is 5.69 Å². The lowest BCUT2D eigenvalue weighted by Crippen LogP contribution is -2.23. The van der Waals surface area contributed by atoms with Gasteiger partial charge in [0.15, 0.2) is 11.9 Å². The normalized spacial score (nSPS) is 17.6. The molecule has 2 atom stereocenters. The molecule has 0 aliphatic carbocycles. The van der Waals surface area contributed by atoms with Gasteiger partial charge >= 0.3 is 17.8 Å². The van der Waals surface area contributed by atoms with Crippen LogP contribution < -0.4 is 5.69 Å². The molecular weight excluding hydrogens is 483 g/mol. The molecule has 2 unspecified atom stereocenters. The van der Waals surface area contributed by atoms with E-state index in [4.69, 9.17) is 9.84 Å². The van der Waals surface area contributed by atoms with Crippen LogP contribution in [0.3, 0.4) is 0 Å². The molecule has 0 amide bonds. The third kappa shape index (κ3) is 5.19. The van der Waals surface area contributed by atoms with Gasteiger partial charge in [-0.25, -0.2) is 4.79 Å². The molecule has 2 aromatic carbocycles. The monoisotopic (exact) mass is 505 g/mol. The number of carboxylic acid groups (broad SMARTS) is 1. The number of benzene rings is 2. The second-order valence-corrected chi connectivity index (χ2v) is 10.1. The minimum atomic E-state index is -4.49. The van der Waals surface area contributed by atoms with Crippen molar-refractivity contribution < 1.29 is 27.8 Å². The second kappa shape index (κ2) is 9.49. The van der Waals surface area contributed by atoms with E-state index < -0.39 is 40.4 Å². The number of thiol groups is 1. The van der Waals surface area contributed by atoms with Gasteiger partial charge in [0.05, 0.1) is 17.0 Å². The van der Waals surface area contributed by atoms with Gasteiger partial charge < -0.3 is 9.84 Å². The van der Waals surface area contributed by atoms with Crippen LogP contribution in [0.4, 0.5) is 13.2 Å². The molecule has 7 nitrogen and oxygen atoms in total. The summed E-state index contributed by atoms with van der Waals surface area (Å²) in [4.78, 5) is 25.0. The highest BCUT2D eigenvalue weighted by Crippen LogP contribution is 2.44. The van der Waals surface area contributed by atoms with Crippen molar-refractivity contribution in [2.24, 2.45) is 7.05 Å². The van der Waals surface area contributed by atoms with Crippen LogP contribution >= 0.6 is 10.9 Å². The molecule has 35 heavy (non-hydrogen) atoms. The zero-order chi connectivity index (χ0) is 25.3. The molecule has 1 N–H and O–H groups in total. The lowest BCUT2D eigenvalue weighted by molar-refractivity contribution is -0.137. The Balaban J connectivity index is 1.73. The molecule has 0 radical (unpaired) electrons. The summed E-state index contributed by atoms with van der Waals surface area (Å²) >= 11 is 0. The Kier molecular flexibility index (Phi) is 6.62. The number of carboxylic acids is 1. The van der Waals surface area contributed by atoms with Gasteiger partial charge in [-0.2, -0.15) is 28.7 Å². The maximum absolute atomic E-state index is 13.0. The first-order valence-corrected chi connectivity index (χ1v) is 12.1. The summed E-state index contributed by atoms with van der Waals surface area (Å²) in [5, 5.41) is 15.3. The molecule has 4 rings (SSSR count). The van der Waals surface area contributed by atoms with Crippen molar-refractivity contribution >= 4 is 16.9 Å². The van der Waals surface area contributed by atoms with Gasteiger partial charge in [-0.15, -0.1) is 5.10 Å². The van der Waals surface area contributed by atoms with E-state index in [1.807, 2.05) is 13.0 Å². The molecule has 11 heteroatoms. The van der Waals surface area contributed by atoms with E-state index in [1.165, 1.54) is 23.7 Å². The number of ether oxygens (including phenoxy) is 1. The highest BCUT2D eigenvalue weighted by molar-refractivity contribution is 8.23. The van der Waals surface area contributed by atoms with E-state index in [0.29, 0.717) is 11.3 Å². The van der Waals surface area contributed by atoms with Crippen molar-refractivity contribution in [1.29, 1.82) is 0 Å². The van der Waals surface area contributed by atoms with E-state index in [-0.39, 0.29) is 17.3 Å². The number of carbonyl (C=O) groups is 1. The fraction of sp³-hybridized carbons (Fsp3) is 0.208. The number of rotatable bonds is 7. The van der Waals surface area contributed by atoms with Crippen LogP contribution in [0.5, 0.6) is 0 Å². The highest BCUT2D eigenvalue weighted by Gasteiger charge is 2.31. The maximum atomic E-state index is 13.0. The topological polar surface area (TPSA) is 86.4 Å². The number of hydrogen-bond acceptors (Lipinski definition) is 4. The van der Waals surface area contributed by atoms with Crippen LogP contribution in [-0.4, -0.2) is 31.2 Å². The van der Waals surface area contributed by atoms with E-state index in [1.54, 1.807) is 35.7 Å². The predicted molar refractivity (Wildman–Crippen MR) is 127 cm³/mol. The average Bonchev–Trinajstić information content (AvgIpc) is 3.30. The minimum Gasteiger partial charge on any atom is -0.481 e. The molecule has 1 aliphatic heterocycles. The van der Waals surface area contributed by atoms with Gasteiger partial charge in [-0.3, -0.25) is 9.36 Å². The van der Waals surface area contributed by atoms with Crippen molar-refractivity contribution in [2.75, 3.05) is 5.75 Å². The summed E-state index contributed by atoms with van der Waals surface area (Å²) in [7, 11) is 0.483. The molecular formula is C24H22F3N3O4S. The van der Waals surface area contributed by atoms with Crippen molar-refractivity contribution in [3.8, 4) is 5.69 Å². The number of aromatic nitrogens is 3. The van der Waals surface area contributed by atoms with Crippen LogP contribution in [0.15, 0.2) is 81.5 Å². The van der Waals surface area contributed by atoms with Gasteiger partial charge in [-0.05, 0) is 47.6 Å². The van der Waals surface area contributed by atoms with Crippen LogP contribution in [0, 0.1) is 0 Å². The molecule has 3 aromatic rings. The Labute approximate surface area is 201 Å². The van der Waals surface area contributed by atoms with Crippen LogP contribution in [-0.2, 0) is 22.8 Å². The van der Waals surface area contributed by atoms with E-state index in [0.717, 1.165) is 21.7 Å². The minimum absolute atomic E-state index is 0.0123. The van der Waals surface area contributed by atoms with Crippen molar-refractivity contribution in [2.45, 2.75) is 19.2 Å². The summed E-state index contributed by atoms with van der Waals surface area (Å²) in [6, 6.07) is 13.2. The van der Waals surface area contributed by atoms with Crippen molar-refractivity contribution in [3.05, 3.63) is 104 Å². The lowest BCUT2D eigenvalue weighted by Gasteiger charge is -2.18. The first-order chi connectivity index (χ1) is 16.5. The number of allylic oxidation sites excluding steroid dienone is 2. The summed E-state index contributed by atoms with van der Waals surface area (Å²) < 4.78 is 47.3. The van der Waals surface area contributed by atoms with E-state index in [9.17, 15) is 22.8 Å². The second-order valence-electron chi connectivity index (χ2n) is 7.90. The molecule has 1 aromatic heterocycles. The summed E-state index contributed by atoms with van der Waals surface area (Å²) in [6.07, 6.45) is -3.54. The zero-order valence-electron chi connectivity index (χ0n) is 18.7. The Morgan fingerprint density at radius 2 is 1.80 bits per heavy atom. The summed E-state index contributed by atoms with van der Waals surface area (Å²) in [5.41, 5.74) is -0.507. The molecule has 0 fully saturated rings. The first-order valence-electron chi connectivity index (χ1n) is 10.5. The van der Waals surface area contributed by atoms with Gasteiger partial charge in [0.1, 0.15) is 5.76 Å². The average molecular weight is 506 g/mol. The largest absolute Gasteiger partial charge is 0.481 e. The quantitative estimate of drug-likeness (QED) is 0.461. The first kappa shape index (κ1) is 24.4. The van der Waals surface area contributed by atoms with Crippen LogP contribution in [0.1, 0.15) is 30.0 Å². The SMILES string of the molecule is CC1=CC(OC(c2ccccc2)c2nn(-c3ccc(C(F)(F)F)cc3)c(=O)n2C)=C[SH]1CC(=O)O. The molecule has 0 saturated heterocycles. The molecule has 0 bridgehead atoms. The third-order valence-electron chi connectivity index (χ3n) is 5.44. The number of aliphatic carboxylic acids is 1. The summed E-state index contributed by atoms with van der Waals surface area (Å²) in [6.45, 7) is 1.84. The van der Waals surface area contributed by atoms with E-state index >= 15 is 0 Å². The number of hydrogen-bond donors (Lipinski definition) is 2. The van der Waals surface area contributed by atoms with Gasteiger partial charge in [-0.1, -0.05) is 30.3 Å². The molecule has 1 aliphatic rings. The fourth-order valence-corrected chi connectivity index (χ4v) is 5.21. The standard InChI is InChI=1S/C24H22F3N3O4S/c1-15-12-19(13-35(15)14-20(31)32)34-21(16-6-4-3-5-7-16)22-28-30(23(33)29(22)2)18-10-8-17(9-11-18)24(25,26)27/h3-13,21,35H,14H2,1-2H3,(H,31,32). The molecule has 0 spiro atoms. The number of alkyl halides is 3. The Hall–Kier alpha value is -3.73.